The van der Waals surface area contributed by atoms with E-state index in [1.165, 1.54) is 0 Å². The summed E-state index contributed by atoms with van der Waals surface area (Å²) in [4.78, 5) is 17.7. The van der Waals surface area contributed by atoms with Crippen molar-refractivity contribution >= 4 is 6.09 Å². The maximum Gasteiger partial charge on any atom is 0.410 e. The molecule has 1 aromatic heterocycles. The second-order valence-corrected chi connectivity index (χ2v) is 5.25. The Labute approximate surface area is 106 Å². The molecule has 1 aliphatic rings. The maximum absolute atomic E-state index is 11.9. The number of amides is 1. The summed E-state index contributed by atoms with van der Waals surface area (Å²) in [6.45, 7) is 6.39. The summed E-state index contributed by atoms with van der Waals surface area (Å²) in [5.41, 5.74) is 1.62. The van der Waals surface area contributed by atoms with E-state index in [1.807, 2.05) is 32.9 Å². The predicted octanol–water partition coefficient (Wildman–Crippen LogP) is 2.20. The molecular formula is C13H15N3O2. The van der Waals surface area contributed by atoms with Crippen molar-refractivity contribution in [3.8, 4) is 6.07 Å². The van der Waals surface area contributed by atoms with Gasteiger partial charge in [0.25, 0.3) is 0 Å². The summed E-state index contributed by atoms with van der Waals surface area (Å²) in [5.74, 6) is 0. The van der Waals surface area contributed by atoms with Crippen molar-refractivity contribution in [3.05, 3.63) is 29.1 Å². The van der Waals surface area contributed by atoms with E-state index in [9.17, 15) is 4.79 Å². The Morgan fingerprint density at radius 3 is 2.78 bits per heavy atom. The summed E-state index contributed by atoms with van der Waals surface area (Å²) in [7, 11) is 0. The minimum absolute atomic E-state index is 0.348. The molecule has 0 aliphatic carbocycles. The van der Waals surface area contributed by atoms with Crippen LogP contribution in [0, 0.1) is 11.3 Å². The van der Waals surface area contributed by atoms with Gasteiger partial charge in [-0.15, -0.1) is 0 Å². The van der Waals surface area contributed by atoms with Gasteiger partial charge in [0.2, 0.25) is 0 Å². The van der Waals surface area contributed by atoms with Crippen molar-refractivity contribution < 1.29 is 9.53 Å². The maximum atomic E-state index is 11.9. The monoisotopic (exact) mass is 245 g/mol. The molecule has 94 valence electrons. The van der Waals surface area contributed by atoms with Gasteiger partial charge in [-0.25, -0.2) is 9.78 Å². The van der Waals surface area contributed by atoms with E-state index >= 15 is 0 Å². The summed E-state index contributed by atoms with van der Waals surface area (Å²) in [6.07, 6.45) is -0.348. The molecule has 1 amide bonds. The number of pyridine rings is 1. The molecule has 0 bridgehead atoms. The van der Waals surface area contributed by atoms with Crippen LogP contribution in [0.2, 0.25) is 0 Å². The number of nitriles is 1. The quantitative estimate of drug-likeness (QED) is 0.702. The molecule has 0 N–H and O–H groups in total. The molecule has 5 nitrogen and oxygen atoms in total. The molecule has 0 spiro atoms. The fourth-order valence-electron chi connectivity index (χ4n) is 1.77. The zero-order valence-corrected chi connectivity index (χ0v) is 10.7. The number of rotatable bonds is 0. The molecule has 2 heterocycles. The van der Waals surface area contributed by atoms with E-state index < -0.39 is 5.60 Å². The lowest BCUT2D eigenvalue weighted by atomic mass is 10.2. The van der Waals surface area contributed by atoms with Gasteiger partial charge in [-0.3, -0.25) is 4.90 Å². The second kappa shape index (κ2) is 4.30. The van der Waals surface area contributed by atoms with Crippen molar-refractivity contribution in [1.82, 2.24) is 9.88 Å². The smallest absolute Gasteiger partial charge is 0.410 e. The number of aromatic nitrogens is 1. The molecule has 0 radical (unpaired) electrons. The van der Waals surface area contributed by atoms with Crippen LogP contribution in [0.3, 0.4) is 0 Å². The van der Waals surface area contributed by atoms with Crippen molar-refractivity contribution in [2.24, 2.45) is 0 Å². The standard InChI is InChI=1S/C13H15N3O2/c1-13(2,3)18-12(17)16-7-9-4-5-10(6-14)15-11(9)8-16/h4-5H,7-8H2,1-3H3. The summed E-state index contributed by atoms with van der Waals surface area (Å²) >= 11 is 0. The first-order valence-corrected chi connectivity index (χ1v) is 5.76. The molecule has 0 unspecified atom stereocenters. The van der Waals surface area contributed by atoms with Gasteiger partial charge in [-0.05, 0) is 32.4 Å². The van der Waals surface area contributed by atoms with Crippen LogP contribution in [-0.2, 0) is 17.8 Å². The fraction of sp³-hybridized carbons (Fsp3) is 0.462. The summed E-state index contributed by atoms with van der Waals surface area (Å²) in [6, 6.07) is 5.50. The molecule has 1 aromatic rings. The Morgan fingerprint density at radius 2 is 2.17 bits per heavy atom. The molecule has 5 heteroatoms. The second-order valence-electron chi connectivity index (χ2n) is 5.25. The molecule has 2 rings (SSSR count). The van der Waals surface area contributed by atoms with Crippen LogP contribution < -0.4 is 0 Å². The molecule has 18 heavy (non-hydrogen) atoms. The Hall–Kier alpha value is -2.09. The zero-order chi connectivity index (χ0) is 13.3. The largest absolute Gasteiger partial charge is 0.444 e. The minimum Gasteiger partial charge on any atom is -0.444 e. The van der Waals surface area contributed by atoms with E-state index in [4.69, 9.17) is 10.00 Å². The van der Waals surface area contributed by atoms with Gasteiger partial charge in [0.05, 0.1) is 18.8 Å². The van der Waals surface area contributed by atoms with Crippen molar-refractivity contribution in [3.63, 3.8) is 0 Å². The lowest BCUT2D eigenvalue weighted by Crippen LogP contribution is -2.33. The van der Waals surface area contributed by atoms with Gasteiger partial charge >= 0.3 is 6.09 Å². The highest BCUT2D eigenvalue weighted by Gasteiger charge is 2.28. The number of nitrogens with zero attached hydrogens (tertiary/aromatic N) is 3. The summed E-state index contributed by atoms with van der Waals surface area (Å²) in [5, 5.41) is 8.78. The molecular weight excluding hydrogens is 230 g/mol. The highest BCUT2D eigenvalue weighted by Crippen LogP contribution is 2.23. The third-order valence-corrected chi connectivity index (χ3v) is 2.54. The van der Waals surface area contributed by atoms with E-state index in [0.717, 1.165) is 11.3 Å². The first kappa shape index (κ1) is 12.4. The van der Waals surface area contributed by atoms with Crippen LogP contribution in [0.4, 0.5) is 4.79 Å². The average molecular weight is 245 g/mol. The number of carbonyl (C=O) groups excluding carboxylic acids is 1. The number of hydrogen-bond acceptors (Lipinski definition) is 4. The Balaban J connectivity index is 2.11. The lowest BCUT2D eigenvalue weighted by molar-refractivity contribution is 0.0240. The van der Waals surface area contributed by atoms with E-state index in [1.54, 1.807) is 11.0 Å². The summed E-state index contributed by atoms with van der Waals surface area (Å²) < 4.78 is 5.30. The molecule has 0 aromatic carbocycles. The van der Waals surface area contributed by atoms with Crippen LogP contribution >= 0.6 is 0 Å². The minimum atomic E-state index is -0.503. The average Bonchev–Trinajstić information content (AvgIpc) is 2.69. The third kappa shape index (κ3) is 2.59. The Morgan fingerprint density at radius 1 is 1.44 bits per heavy atom. The third-order valence-electron chi connectivity index (χ3n) is 2.54. The molecule has 0 saturated heterocycles. The highest BCUT2D eigenvalue weighted by atomic mass is 16.6. The van der Waals surface area contributed by atoms with Gasteiger partial charge in [0.15, 0.2) is 0 Å². The van der Waals surface area contributed by atoms with E-state index in [0.29, 0.717) is 18.8 Å². The van der Waals surface area contributed by atoms with Gasteiger partial charge in [-0.2, -0.15) is 5.26 Å². The lowest BCUT2D eigenvalue weighted by Gasteiger charge is -2.23. The number of hydrogen-bond donors (Lipinski definition) is 0. The van der Waals surface area contributed by atoms with E-state index in [2.05, 4.69) is 4.98 Å². The van der Waals surface area contributed by atoms with Gasteiger partial charge in [0.1, 0.15) is 17.4 Å². The van der Waals surface area contributed by atoms with Gasteiger partial charge < -0.3 is 4.74 Å². The fourth-order valence-corrected chi connectivity index (χ4v) is 1.77. The van der Waals surface area contributed by atoms with Crippen LogP contribution in [0.5, 0.6) is 0 Å². The van der Waals surface area contributed by atoms with Crippen molar-refractivity contribution in [1.29, 1.82) is 5.26 Å². The number of fused-ring (bicyclic) bond motifs is 1. The Kier molecular flexibility index (Phi) is 2.95. The van der Waals surface area contributed by atoms with Crippen LogP contribution in [-0.4, -0.2) is 21.6 Å². The Bertz CT molecular complexity index is 526. The number of carbonyl (C=O) groups is 1. The van der Waals surface area contributed by atoms with Crippen molar-refractivity contribution in [2.75, 3.05) is 0 Å². The van der Waals surface area contributed by atoms with Crippen LogP contribution in [0.25, 0.3) is 0 Å². The van der Waals surface area contributed by atoms with Gasteiger partial charge in [-0.1, -0.05) is 6.07 Å². The first-order chi connectivity index (χ1) is 8.39. The molecule has 0 fully saturated rings. The highest BCUT2D eigenvalue weighted by molar-refractivity contribution is 5.69. The normalized spacial score (nSPS) is 14.0. The molecule has 0 saturated carbocycles. The molecule has 1 aliphatic heterocycles. The first-order valence-electron chi connectivity index (χ1n) is 5.76. The van der Waals surface area contributed by atoms with E-state index in [-0.39, 0.29) is 6.09 Å². The topological polar surface area (TPSA) is 66.2 Å². The number of ether oxygens (including phenoxy) is 1. The molecule has 0 atom stereocenters. The van der Waals surface area contributed by atoms with Gasteiger partial charge in [0, 0.05) is 0 Å². The van der Waals surface area contributed by atoms with Crippen LogP contribution in [0.15, 0.2) is 12.1 Å². The zero-order valence-electron chi connectivity index (χ0n) is 10.7. The van der Waals surface area contributed by atoms with Crippen molar-refractivity contribution in [2.45, 2.75) is 39.5 Å². The SMILES string of the molecule is CC(C)(C)OC(=O)N1Cc2ccc(C#N)nc2C1. The predicted molar refractivity (Wildman–Crippen MR) is 64.4 cm³/mol. The van der Waals surface area contributed by atoms with Crippen LogP contribution in [0.1, 0.15) is 37.7 Å².